The first kappa shape index (κ1) is 35.9. The molecule has 5 aliphatic carbocycles. The van der Waals surface area contributed by atoms with Crippen molar-refractivity contribution in [3.63, 3.8) is 0 Å². The normalized spacial score (nSPS) is 44.2. The number of morpholine rings is 1. The van der Waals surface area contributed by atoms with Crippen molar-refractivity contribution < 1.29 is 33.7 Å². The summed E-state index contributed by atoms with van der Waals surface area (Å²) >= 11 is 0. The number of hydrogen-bond donors (Lipinski definition) is 2. The first-order valence-electron chi connectivity index (χ1n) is 19.3. The van der Waals surface area contributed by atoms with Crippen LogP contribution in [-0.4, -0.2) is 80.1 Å². The average Bonchev–Trinajstić information content (AvgIpc) is 3.44. The number of carbonyl (C=O) groups is 3. The zero-order valence-corrected chi connectivity index (χ0v) is 30.9. The van der Waals surface area contributed by atoms with Crippen molar-refractivity contribution >= 4 is 18.0 Å². The molecule has 2 N–H and O–H groups in total. The molecule has 0 bridgehead atoms. The lowest BCUT2D eigenvalue weighted by Crippen LogP contribution is -2.67. The lowest BCUT2D eigenvalue weighted by atomic mass is 9.32. The quantitative estimate of drug-likeness (QED) is 0.272. The highest BCUT2D eigenvalue weighted by Gasteiger charge is 2.72. The Morgan fingerprint density at radius 2 is 1.62 bits per heavy atom. The first-order valence-corrected chi connectivity index (χ1v) is 19.3. The number of aliphatic carboxylic acids is 1. The summed E-state index contributed by atoms with van der Waals surface area (Å²) in [5.74, 6) is 1.00. The molecule has 1 heterocycles. The molecular weight excluding hydrogens is 608 g/mol. The van der Waals surface area contributed by atoms with Gasteiger partial charge in [-0.3, -0.25) is 14.5 Å². The Morgan fingerprint density at radius 1 is 0.896 bits per heavy atom. The van der Waals surface area contributed by atoms with Gasteiger partial charge in [0.25, 0.3) is 0 Å². The number of nitrogens with zero attached hydrogens (tertiary/aromatic N) is 1. The Bertz CT molecular complexity index is 1230. The average molecular weight is 673 g/mol. The van der Waals surface area contributed by atoms with Crippen LogP contribution in [0.15, 0.2) is 0 Å². The Morgan fingerprint density at radius 3 is 2.31 bits per heavy atom. The fourth-order valence-electron chi connectivity index (χ4n) is 13.5. The monoisotopic (exact) mass is 672 g/mol. The van der Waals surface area contributed by atoms with E-state index in [0.29, 0.717) is 50.7 Å². The molecule has 9 heteroatoms. The van der Waals surface area contributed by atoms with Crippen LogP contribution in [0.5, 0.6) is 0 Å². The van der Waals surface area contributed by atoms with Gasteiger partial charge in [-0.15, -0.1) is 0 Å². The third-order valence-corrected chi connectivity index (χ3v) is 16.1. The summed E-state index contributed by atoms with van der Waals surface area (Å²) in [5, 5.41) is 13.7. The summed E-state index contributed by atoms with van der Waals surface area (Å²) in [7, 11) is 0. The third kappa shape index (κ3) is 5.59. The fourth-order valence-corrected chi connectivity index (χ4v) is 13.5. The number of esters is 1. The summed E-state index contributed by atoms with van der Waals surface area (Å²) in [6.45, 7) is 20.4. The summed E-state index contributed by atoms with van der Waals surface area (Å²) in [4.78, 5) is 40.7. The van der Waals surface area contributed by atoms with E-state index in [1.54, 1.807) is 0 Å². The SMILES string of the molecule is CCNC(=O)O[C@@H]1CC[C@@]2(C)C(CC[C@]3(C)C2CCC2C4[C@H](C(C)COC(=O)CN5CCOCC5)CC[C@]4(C(=O)O)CC[C@]23C)C1(C)C. The number of alkyl carbamates (subject to hydrolysis) is 1. The zero-order chi connectivity index (χ0) is 34.7. The second-order valence-electron chi connectivity index (χ2n) is 18.2. The second kappa shape index (κ2) is 13.0. The van der Waals surface area contributed by atoms with Gasteiger partial charge < -0.3 is 24.6 Å². The highest BCUT2D eigenvalue weighted by Crippen LogP contribution is 2.77. The second-order valence-corrected chi connectivity index (χ2v) is 18.2. The molecule has 5 saturated carbocycles. The van der Waals surface area contributed by atoms with Gasteiger partial charge in [-0.05, 0) is 123 Å². The van der Waals surface area contributed by atoms with Crippen LogP contribution in [0.2, 0.25) is 0 Å². The van der Waals surface area contributed by atoms with Crippen molar-refractivity contribution in [1.29, 1.82) is 0 Å². The van der Waals surface area contributed by atoms with E-state index in [1.165, 1.54) is 0 Å². The molecule has 9 nitrogen and oxygen atoms in total. The predicted octanol–water partition coefficient (Wildman–Crippen LogP) is 6.78. The van der Waals surface area contributed by atoms with Gasteiger partial charge in [-0.1, -0.05) is 41.5 Å². The Balaban J connectivity index is 1.22. The largest absolute Gasteiger partial charge is 0.481 e. The highest BCUT2D eigenvalue weighted by molar-refractivity contribution is 5.76. The molecule has 6 rings (SSSR count). The third-order valence-electron chi connectivity index (χ3n) is 16.1. The highest BCUT2D eigenvalue weighted by atomic mass is 16.6. The molecule has 0 aromatic rings. The fraction of sp³-hybridized carbons (Fsp3) is 0.923. The summed E-state index contributed by atoms with van der Waals surface area (Å²) < 4.78 is 17.4. The van der Waals surface area contributed by atoms with Gasteiger partial charge in [-0.25, -0.2) is 4.79 Å². The molecule has 0 spiro atoms. The van der Waals surface area contributed by atoms with Crippen molar-refractivity contribution in [3.05, 3.63) is 0 Å². The van der Waals surface area contributed by atoms with Crippen molar-refractivity contribution in [2.45, 2.75) is 119 Å². The van der Waals surface area contributed by atoms with Gasteiger partial charge in [0.15, 0.2) is 0 Å². The van der Waals surface area contributed by atoms with Gasteiger partial charge in [0.05, 0.1) is 31.8 Å². The standard InChI is InChI=1S/C39H64N2O7/c1-8-40-34(45)48-30-13-14-36(5)28(35(30,3)4)12-15-38(7)29(36)10-9-27-32-26(11-16-39(32,33(43)44)18-17-37(27,38)6)25(2)24-47-31(42)23-41-19-21-46-22-20-41/h25-30,32H,8-24H2,1-7H3,(H,40,45)(H,43,44)/t25?,26-,27?,28?,29?,30+,32?,36-,37+,38+,39-/m0/s1. The number of hydrogen-bond acceptors (Lipinski definition) is 7. The number of carboxylic acid groups (broad SMARTS) is 1. The van der Waals surface area contributed by atoms with E-state index in [0.717, 1.165) is 77.3 Å². The number of rotatable bonds is 8. The summed E-state index contributed by atoms with van der Waals surface area (Å²) in [5.41, 5.74) is -0.503. The zero-order valence-electron chi connectivity index (χ0n) is 30.9. The van der Waals surface area contributed by atoms with E-state index in [2.05, 4.69) is 51.8 Å². The van der Waals surface area contributed by atoms with Crippen LogP contribution in [0.1, 0.15) is 113 Å². The maximum atomic E-state index is 13.3. The van der Waals surface area contributed by atoms with Crippen LogP contribution in [0.3, 0.4) is 0 Å². The minimum Gasteiger partial charge on any atom is -0.481 e. The van der Waals surface area contributed by atoms with Gasteiger partial charge in [0.1, 0.15) is 6.10 Å². The van der Waals surface area contributed by atoms with Crippen molar-refractivity contribution in [1.82, 2.24) is 10.2 Å². The molecule has 0 aromatic carbocycles. The van der Waals surface area contributed by atoms with Crippen LogP contribution >= 0.6 is 0 Å². The number of nitrogens with one attached hydrogen (secondary N) is 1. The van der Waals surface area contributed by atoms with E-state index in [-0.39, 0.29) is 57.6 Å². The molecule has 5 unspecified atom stereocenters. The van der Waals surface area contributed by atoms with Crippen molar-refractivity contribution in [2.75, 3.05) is 46.0 Å². The van der Waals surface area contributed by atoms with Crippen molar-refractivity contribution in [3.8, 4) is 0 Å². The van der Waals surface area contributed by atoms with Gasteiger partial charge in [0, 0.05) is 25.0 Å². The molecule has 48 heavy (non-hydrogen) atoms. The Labute approximate surface area is 289 Å². The Hall–Kier alpha value is -1.87. The molecular formula is C39H64N2O7. The molecule has 1 amide bonds. The number of fused-ring (bicyclic) bond motifs is 7. The molecule has 0 aromatic heterocycles. The molecule has 0 radical (unpaired) electrons. The maximum absolute atomic E-state index is 13.3. The van der Waals surface area contributed by atoms with E-state index in [4.69, 9.17) is 14.2 Å². The molecule has 1 saturated heterocycles. The Kier molecular flexibility index (Phi) is 9.76. The lowest BCUT2D eigenvalue weighted by Gasteiger charge is -2.72. The molecule has 11 atom stereocenters. The minimum absolute atomic E-state index is 0.0430. The van der Waals surface area contributed by atoms with E-state index in [1.807, 2.05) is 6.92 Å². The summed E-state index contributed by atoms with van der Waals surface area (Å²) in [6, 6.07) is 0. The van der Waals surface area contributed by atoms with Gasteiger partial charge in [0.2, 0.25) is 0 Å². The number of amides is 1. The summed E-state index contributed by atoms with van der Waals surface area (Å²) in [6.07, 6.45) is 9.34. The van der Waals surface area contributed by atoms with Crippen LogP contribution < -0.4 is 5.32 Å². The molecule has 6 aliphatic rings. The van der Waals surface area contributed by atoms with Crippen LogP contribution in [-0.2, 0) is 23.8 Å². The van der Waals surface area contributed by atoms with Crippen LogP contribution in [0, 0.1) is 62.6 Å². The predicted molar refractivity (Wildman–Crippen MR) is 183 cm³/mol. The molecule has 6 fully saturated rings. The van der Waals surface area contributed by atoms with E-state index in [9.17, 15) is 19.5 Å². The lowest BCUT2D eigenvalue weighted by molar-refractivity contribution is -0.249. The molecule has 272 valence electrons. The molecule has 1 aliphatic heterocycles. The van der Waals surface area contributed by atoms with E-state index >= 15 is 0 Å². The maximum Gasteiger partial charge on any atom is 0.407 e. The van der Waals surface area contributed by atoms with Crippen LogP contribution in [0.4, 0.5) is 4.79 Å². The van der Waals surface area contributed by atoms with Crippen LogP contribution in [0.25, 0.3) is 0 Å². The minimum atomic E-state index is -0.679. The topological polar surface area (TPSA) is 114 Å². The van der Waals surface area contributed by atoms with Gasteiger partial charge in [-0.2, -0.15) is 0 Å². The smallest absolute Gasteiger partial charge is 0.407 e. The number of carboxylic acids is 1. The number of carbonyl (C=O) groups excluding carboxylic acids is 2. The number of ether oxygens (including phenoxy) is 3. The first-order chi connectivity index (χ1) is 22.6. The van der Waals surface area contributed by atoms with E-state index < -0.39 is 11.4 Å². The van der Waals surface area contributed by atoms with Gasteiger partial charge >= 0.3 is 18.0 Å². The van der Waals surface area contributed by atoms with Crippen molar-refractivity contribution in [2.24, 2.45) is 62.6 Å².